The van der Waals surface area contributed by atoms with Crippen molar-refractivity contribution in [2.45, 2.75) is 77.7 Å². The van der Waals surface area contributed by atoms with Gasteiger partial charge in [-0.15, -0.1) is 5.10 Å². The van der Waals surface area contributed by atoms with Crippen LogP contribution in [0.1, 0.15) is 87.8 Å². The normalized spacial score (nSPS) is 19.9. The summed E-state index contributed by atoms with van der Waals surface area (Å²) in [6.07, 6.45) is 8.28. The molecule has 3 rings (SSSR count). The van der Waals surface area contributed by atoms with E-state index in [4.69, 9.17) is 4.74 Å². The Balaban J connectivity index is 1.79. The summed E-state index contributed by atoms with van der Waals surface area (Å²) in [6.45, 7) is 6.48. The minimum atomic E-state index is -0.339. The van der Waals surface area contributed by atoms with Gasteiger partial charge in [-0.1, -0.05) is 40.0 Å². The smallest absolute Gasteiger partial charge is 0.359 e. The highest BCUT2D eigenvalue weighted by atomic mass is 16.5. The van der Waals surface area contributed by atoms with Gasteiger partial charge in [-0.3, -0.25) is 0 Å². The number of ether oxygens (including phenoxy) is 1. The zero-order valence-corrected chi connectivity index (χ0v) is 16.9. The van der Waals surface area contributed by atoms with Crippen LogP contribution in [0.2, 0.25) is 0 Å². The number of nitrogens with zero attached hydrogens (tertiary/aromatic N) is 3. The molecule has 0 amide bonds. The van der Waals surface area contributed by atoms with Crippen LogP contribution < -0.4 is 4.90 Å². The highest BCUT2D eigenvalue weighted by Crippen LogP contribution is 2.43. The number of hydrogen-bond acceptors (Lipinski definition) is 5. The number of carbonyl (C=O) groups excluding carboxylic acids is 1. The molecule has 5 nitrogen and oxygen atoms in total. The lowest BCUT2D eigenvalue weighted by Gasteiger charge is -2.38. The third-order valence-corrected chi connectivity index (χ3v) is 5.62. The van der Waals surface area contributed by atoms with E-state index in [1.165, 1.54) is 19.3 Å². The van der Waals surface area contributed by atoms with Crippen molar-refractivity contribution in [2.24, 2.45) is 11.3 Å². The van der Waals surface area contributed by atoms with Gasteiger partial charge in [0.25, 0.3) is 0 Å². The molecule has 26 heavy (non-hydrogen) atoms. The molecule has 2 aliphatic carbocycles. The molecule has 0 aromatic carbocycles. The summed E-state index contributed by atoms with van der Waals surface area (Å²) in [6, 6.07) is 1.85. The molecule has 2 saturated carbocycles. The van der Waals surface area contributed by atoms with Crippen LogP contribution in [0.4, 0.5) is 5.69 Å². The quantitative estimate of drug-likeness (QED) is 0.721. The highest BCUT2D eigenvalue weighted by molar-refractivity contribution is 5.88. The van der Waals surface area contributed by atoms with E-state index in [9.17, 15) is 4.79 Å². The van der Waals surface area contributed by atoms with E-state index in [-0.39, 0.29) is 17.5 Å². The molecular formula is C21H33N3O2. The molecule has 1 aromatic rings. The molecule has 0 aliphatic heterocycles. The molecule has 1 unspecified atom stereocenters. The predicted octanol–water partition coefficient (Wildman–Crippen LogP) is 4.57. The molecule has 1 aromatic heterocycles. The largest absolute Gasteiger partial charge is 0.457 e. The lowest BCUT2D eigenvalue weighted by atomic mass is 9.75. The minimum absolute atomic E-state index is 0.0799. The minimum Gasteiger partial charge on any atom is -0.457 e. The van der Waals surface area contributed by atoms with Crippen molar-refractivity contribution < 1.29 is 9.53 Å². The van der Waals surface area contributed by atoms with E-state index in [2.05, 4.69) is 31.0 Å². The molecule has 5 heteroatoms. The van der Waals surface area contributed by atoms with Crippen molar-refractivity contribution in [1.29, 1.82) is 0 Å². The van der Waals surface area contributed by atoms with Gasteiger partial charge in [0.1, 0.15) is 6.10 Å². The topological polar surface area (TPSA) is 55.3 Å². The van der Waals surface area contributed by atoms with Crippen LogP contribution in [-0.2, 0) is 4.74 Å². The van der Waals surface area contributed by atoms with Crippen LogP contribution >= 0.6 is 0 Å². The van der Waals surface area contributed by atoms with Crippen LogP contribution in [-0.4, -0.2) is 36.4 Å². The third-order valence-electron chi connectivity index (χ3n) is 5.62. The van der Waals surface area contributed by atoms with Gasteiger partial charge >= 0.3 is 5.97 Å². The molecule has 0 radical (unpaired) electrons. The van der Waals surface area contributed by atoms with Crippen molar-refractivity contribution in [3.63, 3.8) is 0 Å². The molecule has 0 bridgehead atoms. The van der Waals surface area contributed by atoms with Gasteiger partial charge in [-0.05, 0) is 43.1 Å². The Labute approximate surface area is 157 Å². The predicted molar refractivity (Wildman–Crippen MR) is 104 cm³/mol. The Morgan fingerprint density at radius 1 is 1.12 bits per heavy atom. The maximum atomic E-state index is 12.9. The van der Waals surface area contributed by atoms with Gasteiger partial charge in [0.05, 0.1) is 11.4 Å². The third kappa shape index (κ3) is 4.36. The van der Waals surface area contributed by atoms with Gasteiger partial charge in [0.15, 0.2) is 5.69 Å². The first-order valence-corrected chi connectivity index (χ1v) is 10.0. The summed E-state index contributed by atoms with van der Waals surface area (Å²) in [5, 5.41) is 8.58. The summed E-state index contributed by atoms with van der Waals surface area (Å²) in [5.41, 5.74) is 2.23. The number of aromatic nitrogens is 2. The second kappa shape index (κ2) is 7.53. The van der Waals surface area contributed by atoms with Gasteiger partial charge in [-0.2, -0.15) is 5.10 Å². The summed E-state index contributed by atoms with van der Waals surface area (Å²) in [7, 11) is 3.97. The molecule has 144 valence electrons. The summed E-state index contributed by atoms with van der Waals surface area (Å²) < 4.78 is 6.03. The van der Waals surface area contributed by atoms with Crippen LogP contribution in [0, 0.1) is 11.3 Å². The standard InChI is InChI=1S/C21H33N3O2/c1-21(2,3)19(15-9-7-6-8-10-15)26-20(25)16-13-17(24(4)5)18(23-22-16)14-11-12-14/h13-15,19H,6-12H2,1-5H3. The molecular weight excluding hydrogens is 326 g/mol. The van der Waals surface area contributed by atoms with Crippen molar-refractivity contribution >= 4 is 11.7 Å². The number of carbonyl (C=O) groups is 1. The van der Waals surface area contributed by atoms with E-state index in [0.29, 0.717) is 17.5 Å². The zero-order chi connectivity index (χ0) is 18.9. The fraction of sp³-hybridized carbons (Fsp3) is 0.762. The molecule has 1 heterocycles. The van der Waals surface area contributed by atoms with E-state index in [0.717, 1.165) is 37.1 Å². The summed E-state index contributed by atoms with van der Waals surface area (Å²) in [4.78, 5) is 14.9. The highest BCUT2D eigenvalue weighted by Gasteiger charge is 2.37. The van der Waals surface area contributed by atoms with E-state index >= 15 is 0 Å². The van der Waals surface area contributed by atoms with Crippen molar-refractivity contribution in [3.05, 3.63) is 17.5 Å². The van der Waals surface area contributed by atoms with Gasteiger partial charge < -0.3 is 9.64 Å². The maximum Gasteiger partial charge on any atom is 0.359 e. The van der Waals surface area contributed by atoms with Crippen LogP contribution in [0.15, 0.2) is 6.07 Å². The van der Waals surface area contributed by atoms with Crippen LogP contribution in [0.3, 0.4) is 0 Å². The fourth-order valence-electron chi connectivity index (χ4n) is 4.09. The Bertz CT molecular complexity index is 641. The monoisotopic (exact) mass is 359 g/mol. The van der Waals surface area contributed by atoms with E-state index in [1.54, 1.807) is 0 Å². The van der Waals surface area contributed by atoms with Crippen LogP contribution in [0.5, 0.6) is 0 Å². The summed E-state index contributed by atoms with van der Waals surface area (Å²) in [5.74, 6) is 0.600. The van der Waals surface area contributed by atoms with Crippen molar-refractivity contribution in [3.8, 4) is 0 Å². The Kier molecular flexibility index (Phi) is 5.54. The maximum absolute atomic E-state index is 12.9. The second-order valence-electron chi connectivity index (χ2n) is 9.26. The van der Waals surface area contributed by atoms with Crippen molar-refractivity contribution in [2.75, 3.05) is 19.0 Å². The first-order chi connectivity index (χ1) is 12.3. The van der Waals surface area contributed by atoms with Gasteiger partial charge in [0.2, 0.25) is 0 Å². The molecule has 2 fully saturated rings. The molecule has 1 atom stereocenters. The average molecular weight is 360 g/mol. The zero-order valence-electron chi connectivity index (χ0n) is 16.9. The molecule has 2 aliphatic rings. The number of hydrogen-bond donors (Lipinski definition) is 0. The first kappa shape index (κ1) is 19.1. The Morgan fingerprint density at radius 3 is 2.31 bits per heavy atom. The van der Waals surface area contributed by atoms with E-state index < -0.39 is 0 Å². The second-order valence-corrected chi connectivity index (χ2v) is 9.26. The SMILES string of the molecule is CN(C)c1cc(C(=O)OC(C2CCCCC2)C(C)(C)C)nnc1C1CC1. The van der Waals surface area contributed by atoms with E-state index in [1.807, 2.05) is 25.1 Å². The lowest BCUT2D eigenvalue weighted by molar-refractivity contribution is -0.0373. The van der Waals surface area contributed by atoms with Crippen molar-refractivity contribution in [1.82, 2.24) is 10.2 Å². The Hall–Kier alpha value is -1.65. The summed E-state index contributed by atoms with van der Waals surface area (Å²) >= 11 is 0. The number of rotatable bonds is 5. The average Bonchev–Trinajstić information content (AvgIpc) is 3.43. The lowest BCUT2D eigenvalue weighted by Crippen LogP contribution is -2.39. The first-order valence-electron chi connectivity index (χ1n) is 10.0. The van der Waals surface area contributed by atoms with Crippen LogP contribution in [0.25, 0.3) is 0 Å². The van der Waals surface area contributed by atoms with Gasteiger partial charge in [0, 0.05) is 20.0 Å². The molecule has 0 saturated heterocycles. The number of anilines is 1. The molecule has 0 N–H and O–H groups in total. The Morgan fingerprint density at radius 2 is 1.77 bits per heavy atom. The van der Waals surface area contributed by atoms with Gasteiger partial charge in [-0.25, -0.2) is 4.79 Å². The molecule has 0 spiro atoms. The fourth-order valence-corrected chi connectivity index (χ4v) is 4.09. The number of esters is 1.